The Bertz CT molecular complexity index is 318. The fourth-order valence-electron chi connectivity index (χ4n) is 0.724. The summed E-state index contributed by atoms with van der Waals surface area (Å²) in [5, 5.41) is 8.25. The van der Waals surface area contributed by atoms with Crippen molar-refractivity contribution >= 4 is 12.0 Å². The maximum absolute atomic E-state index is 12.5. The quantitative estimate of drug-likeness (QED) is 0.677. The van der Waals surface area contributed by atoms with Gasteiger partial charge in [0.05, 0.1) is 0 Å². The van der Waals surface area contributed by atoms with E-state index in [1.165, 1.54) is 24.3 Å². The fourth-order valence-corrected chi connectivity index (χ4v) is 0.724. The van der Waals surface area contributed by atoms with Crippen LogP contribution < -0.4 is 0 Å². The lowest BCUT2D eigenvalue weighted by Crippen LogP contribution is -1.85. The van der Waals surface area contributed by atoms with Gasteiger partial charge in [-0.25, -0.2) is 9.18 Å². The maximum Gasteiger partial charge on any atom is 0.328 e. The molecule has 2 nitrogen and oxygen atoms in total. The van der Waals surface area contributed by atoms with E-state index < -0.39 is 11.8 Å². The highest BCUT2D eigenvalue weighted by molar-refractivity contribution is 5.85. The largest absolute Gasteiger partial charge is 0.478 e. The third-order valence-electron chi connectivity index (χ3n) is 1.19. The zero-order chi connectivity index (χ0) is 8.97. The van der Waals surface area contributed by atoms with Crippen molar-refractivity contribution in [3.05, 3.63) is 41.7 Å². The molecule has 1 aromatic carbocycles. The molecule has 0 aliphatic carbocycles. The average molecular weight is 165 g/mol. The summed E-state index contributed by atoms with van der Waals surface area (Å²) in [5.41, 5.74) is 0.484. The van der Waals surface area contributed by atoms with Gasteiger partial charge in [-0.05, 0) is 35.9 Å². The summed E-state index contributed by atoms with van der Waals surface area (Å²) in [4.78, 5) is 10.1. The second-order valence-corrected chi connectivity index (χ2v) is 2.16. The molecule has 1 aromatic rings. The van der Waals surface area contributed by atoms with Crippen LogP contribution in [0.15, 0.2) is 24.3 Å². The molecule has 0 aliphatic rings. The molecule has 0 saturated heterocycles. The van der Waals surface area contributed by atoms with Crippen LogP contribution in [0.1, 0.15) is 5.56 Å². The first-order chi connectivity index (χ1) is 5.68. The van der Waals surface area contributed by atoms with Crippen LogP contribution >= 0.6 is 0 Å². The van der Waals surface area contributed by atoms with Crippen LogP contribution in [0.5, 0.6) is 0 Å². The van der Waals surface area contributed by atoms with Crippen molar-refractivity contribution in [3.63, 3.8) is 0 Å². The van der Waals surface area contributed by atoms with Crippen molar-refractivity contribution < 1.29 is 14.3 Å². The minimum absolute atomic E-state index is 0.428. The van der Waals surface area contributed by atoms with Crippen LogP contribution in [0.25, 0.3) is 6.08 Å². The lowest BCUT2D eigenvalue weighted by Gasteiger charge is -1.90. The number of hydrogen-bond acceptors (Lipinski definition) is 1. The molecular weight excluding hydrogens is 159 g/mol. The average Bonchev–Trinajstić information content (AvgIpc) is 2.01. The molecule has 0 unspecified atom stereocenters. The lowest BCUT2D eigenvalue weighted by molar-refractivity contribution is -0.131. The number of halogens is 1. The maximum atomic E-state index is 12.5. The Balaban J connectivity index is 2.83. The predicted molar refractivity (Wildman–Crippen MR) is 41.9 cm³/mol. The standard InChI is InChI=1S/C9H6FO2/c10-8-3-1-2-7(6-8)4-5-9(11)12/h2-6H,(H,11,12). The summed E-state index contributed by atoms with van der Waals surface area (Å²) in [7, 11) is 0. The normalized spacial score (nSPS) is 10.4. The van der Waals surface area contributed by atoms with Gasteiger partial charge in [0.2, 0.25) is 0 Å². The molecular formula is C9H6FO2. The summed E-state index contributed by atoms with van der Waals surface area (Å²) >= 11 is 0. The smallest absolute Gasteiger partial charge is 0.328 e. The molecule has 0 saturated carbocycles. The molecule has 0 atom stereocenters. The van der Waals surface area contributed by atoms with E-state index in [2.05, 4.69) is 6.07 Å². The van der Waals surface area contributed by atoms with Crippen LogP contribution in [0.4, 0.5) is 4.39 Å². The summed E-state index contributed by atoms with van der Waals surface area (Å²) < 4.78 is 12.5. The van der Waals surface area contributed by atoms with Gasteiger partial charge in [0, 0.05) is 6.08 Å². The third-order valence-corrected chi connectivity index (χ3v) is 1.19. The number of aliphatic carboxylic acids is 1. The molecule has 1 N–H and O–H groups in total. The van der Waals surface area contributed by atoms with Gasteiger partial charge in [-0.1, -0.05) is 0 Å². The first-order valence-electron chi connectivity index (χ1n) is 3.26. The summed E-state index contributed by atoms with van der Waals surface area (Å²) in [6.07, 6.45) is 2.25. The van der Waals surface area contributed by atoms with Gasteiger partial charge >= 0.3 is 5.97 Å². The summed E-state index contributed by atoms with van der Waals surface area (Å²) in [6, 6.07) is 6.45. The molecule has 1 rings (SSSR count). The number of hydrogen-bond donors (Lipinski definition) is 1. The van der Waals surface area contributed by atoms with E-state index in [1.807, 2.05) is 0 Å². The Labute approximate surface area is 69.0 Å². The first kappa shape index (κ1) is 8.46. The van der Waals surface area contributed by atoms with E-state index in [0.29, 0.717) is 5.56 Å². The Morgan fingerprint density at radius 1 is 1.58 bits per heavy atom. The van der Waals surface area contributed by atoms with Crippen molar-refractivity contribution in [2.45, 2.75) is 0 Å². The predicted octanol–water partition coefficient (Wildman–Crippen LogP) is 1.72. The molecule has 12 heavy (non-hydrogen) atoms. The van der Waals surface area contributed by atoms with Crippen molar-refractivity contribution in [2.75, 3.05) is 0 Å². The highest BCUT2D eigenvalue weighted by Gasteiger charge is 1.91. The minimum Gasteiger partial charge on any atom is -0.478 e. The van der Waals surface area contributed by atoms with E-state index in [1.54, 1.807) is 0 Å². The number of rotatable bonds is 2. The Kier molecular flexibility index (Phi) is 2.58. The molecule has 1 radical (unpaired) electrons. The van der Waals surface area contributed by atoms with Gasteiger partial charge in [0.25, 0.3) is 0 Å². The Hall–Kier alpha value is -1.64. The molecule has 61 valence electrons. The first-order valence-corrected chi connectivity index (χ1v) is 3.26. The molecule has 0 heterocycles. The topological polar surface area (TPSA) is 37.3 Å². The van der Waals surface area contributed by atoms with E-state index in [-0.39, 0.29) is 0 Å². The van der Waals surface area contributed by atoms with Crippen LogP contribution in [0.2, 0.25) is 0 Å². The summed E-state index contributed by atoms with van der Waals surface area (Å²) in [6.45, 7) is 0. The second-order valence-electron chi connectivity index (χ2n) is 2.16. The fraction of sp³-hybridized carbons (Fsp3) is 0. The molecule has 0 bridgehead atoms. The van der Waals surface area contributed by atoms with Crippen molar-refractivity contribution in [1.82, 2.24) is 0 Å². The van der Waals surface area contributed by atoms with Gasteiger partial charge in [-0.15, -0.1) is 0 Å². The van der Waals surface area contributed by atoms with Crippen molar-refractivity contribution in [3.8, 4) is 0 Å². The molecule has 0 amide bonds. The SMILES string of the molecule is O=C(O)C=Cc1c[c]cc(F)c1. The van der Waals surface area contributed by atoms with Crippen molar-refractivity contribution in [1.29, 1.82) is 0 Å². The second kappa shape index (κ2) is 3.67. The Morgan fingerprint density at radius 2 is 2.33 bits per heavy atom. The molecule has 0 aromatic heterocycles. The van der Waals surface area contributed by atoms with Gasteiger partial charge in [-0.3, -0.25) is 0 Å². The highest BCUT2D eigenvalue weighted by Crippen LogP contribution is 2.04. The third kappa shape index (κ3) is 2.54. The van der Waals surface area contributed by atoms with E-state index >= 15 is 0 Å². The monoisotopic (exact) mass is 165 g/mol. The van der Waals surface area contributed by atoms with Crippen LogP contribution in [0.3, 0.4) is 0 Å². The summed E-state index contributed by atoms with van der Waals surface area (Å²) in [5.74, 6) is -1.48. The van der Waals surface area contributed by atoms with Crippen molar-refractivity contribution in [2.24, 2.45) is 0 Å². The van der Waals surface area contributed by atoms with Gasteiger partial charge in [-0.2, -0.15) is 0 Å². The van der Waals surface area contributed by atoms with Crippen LogP contribution in [-0.2, 0) is 4.79 Å². The van der Waals surface area contributed by atoms with Gasteiger partial charge in [0.1, 0.15) is 5.82 Å². The zero-order valence-electron chi connectivity index (χ0n) is 6.12. The minimum atomic E-state index is -1.06. The zero-order valence-corrected chi connectivity index (χ0v) is 6.12. The number of carbonyl (C=O) groups is 1. The molecule has 0 aliphatic heterocycles. The molecule has 0 spiro atoms. The van der Waals surface area contributed by atoms with E-state index in [9.17, 15) is 9.18 Å². The molecule has 0 fully saturated rings. The lowest BCUT2D eigenvalue weighted by atomic mass is 10.2. The Morgan fingerprint density at radius 3 is 2.92 bits per heavy atom. The van der Waals surface area contributed by atoms with E-state index in [4.69, 9.17) is 5.11 Å². The van der Waals surface area contributed by atoms with Gasteiger partial charge in [0.15, 0.2) is 0 Å². The number of carboxylic acid groups (broad SMARTS) is 1. The van der Waals surface area contributed by atoms with Crippen LogP contribution in [0, 0.1) is 11.9 Å². The number of carboxylic acids is 1. The number of benzene rings is 1. The molecule has 3 heteroatoms. The van der Waals surface area contributed by atoms with Gasteiger partial charge < -0.3 is 5.11 Å². The van der Waals surface area contributed by atoms with E-state index in [0.717, 1.165) is 6.08 Å². The highest BCUT2D eigenvalue weighted by atomic mass is 19.1. The van der Waals surface area contributed by atoms with Crippen LogP contribution in [-0.4, -0.2) is 11.1 Å².